The quantitative estimate of drug-likeness (QED) is 0.580. The molecule has 86 valence electrons. The summed E-state index contributed by atoms with van der Waals surface area (Å²) in [6, 6.07) is 10.4. The largest absolute Gasteiger partial charge is 0.370 e. The van der Waals surface area contributed by atoms with Gasteiger partial charge in [-0.15, -0.1) is 0 Å². The Balaban J connectivity index is 1.65. The van der Waals surface area contributed by atoms with Gasteiger partial charge in [-0.2, -0.15) is 0 Å². The average Bonchev–Trinajstić information content (AvgIpc) is 3.12. The van der Waals surface area contributed by atoms with Crippen molar-refractivity contribution in [2.45, 2.75) is 19.3 Å². The third kappa shape index (κ3) is 3.93. The highest BCUT2D eigenvalue weighted by Gasteiger charge is 2.20. The van der Waals surface area contributed by atoms with Gasteiger partial charge in [-0.3, -0.25) is 4.99 Å². The molecule has 1 saturated carbocycles. The Morgan fingerprint density at radius 3 is 2.75 bits per heavy atom. The number of nitrogens with zero attached hydrogens (tertiary/aromatic N) is 1. The lowest BCUT2D eigenvalue weighted by molar-refractivity contribution is 0.812. The van der Waals surface area contributed by atoms with Gasteiger partial charge >= 0.3 is 0 Å². The number of hydrogen-bond donors (Lipinski definition) is 2. The number of benzene rings is 1. The van der Waals surface area contributed by atoms with Crippen molar-refractivity contribution in [3.05, 3.63) is 35.9 Å². The molecule has 0 heterocycles. The SMILES string of the molecule is NC(=NCC1CC1)NCCc1ccccc1. The molecule has 3 heteroatoms. The minimum absolute atomic E-state index is 0.586. The van der Waals surface area contributed by atoms with Gasteiger partial charge in [0, 0.05) is 13.1 Å². The smallest absolute Gasteiger partial charge is 0.188 e. The maximum Gasteiger partial charge on any atom is 0.188 e. The predicted octanol–water partition coefficient (Wildman–Crippen LogP) is 1.54. The monoisotopic (exact) mass is 217 g/mol. The van der Waals surface area contributed by atoms with E-state index in [9.17, 15) is 0 Å². The second kappa shape index (κ2) is 5.54. The van der Waals surface area contributed by atoms with Gasteiger partial charge in [-0.25, -0.2) is 0 Å². The van der Waals surface area contributed by atoms with Crippen molar-refractivity contribution in [3.8, 4) is 0 Å². The van der Waals surface area contributed by atoms with Crippen molar-refractivity contribution >= 4 is 5.96 Å². The standard InChI is InChI=1S/C13H19N3/c14-13(16-10-12-6-7-12)15-9-8-11-4-2-1-3-5-11/h1-5,12H,6-10H2,(H3,14,15,16). The van der Waals surface area contributed by atoms with E-state index in [1.807, 2.05) is 6.07 Å². The van der Waals surface area contributed by atoms with E-state index >= 15 is 0 Å². The minimum Gasteiger partial charge on any atom is -0.370 e. The molecule has 0 saturated heterocycles. The third-order valence-corrected chi connectivity index (χ3v) is 2.78. The van der Waals surface area contributed by atoms with Crippen LogP contribution in [-0.2, 0) is 6.42 Å². The summed E-state index contributed by atoms with van der Waals surface area (Å²) >= 11 is 0. The van der Waals surface area contributed by atoms with E-state index in [0.717, 1.165) is 25.4 Å². The number of hydrogen-bond acceptors (Lipinski definition) is 1. The molecule has 0 atom stereocenters. The number of guanidine groups is 1. The van der Waals surface area contributed by atoms with E-state index in [2.05, 4.69) is 34.6 Å². The zero-order chi connectivity index (χ0) is 11.2. The highest BCUT2D eigenvalue weighted by atomic mass is 15.1. The number of rotatable bonds is 5. The third-order valence-electron chi connectivity index (χ3n) is 2.78. The zero-order valence-electron chi connectivity index (χ0n) is 9.52. The molecule has 1 aliphatic carbocycles. The van der Waals surface area contributed by atoms with Crippen molar-refractivity contribution in [1.82, 2.24) is 5.32 Å². The van der Waals surface area contributed by atoms with E-state index in [4.69, 9.17) is 5.73 Å². The summed E-state index contributed by atoms with van der Waals surface area (Å²) in [5.41, 5.74) is 7.08. The first-order valence-corrected chi connectivity index (χ1v) is 5.92. The van der Waals surface area contributed by atoms with Crippen LogP contribution in [0.25, 0.3) is 0 Å². The lowest BCUT2D eigenvalue weighted by Gasteiger charge is -2.05. The van der Waals surface area contributed by atoms with Gasteiger partial charge in [-0.05, 0) is 30.7 Å². The van der Waals surface area contributed by atoms with Crippen LogP contribution in [0, 0.1) is 5.92 Å². The fraction of sp³-hybridized carbons (Fsp3) is 0.462. The zero-order valence-corrected chi connectivity index (χ0v) is 9.52. The van der Waals surface area contributed by atoms with Crippen molar-refractivity contribution in [2.24, 2.45) is 16.6 Å². The molecular formula is C13H19N3. The van der Waals surface area contributed by atoms with E-state index in [0.29, 0.717) is 5.96 Å². The normalized spacial score (nSPS) is 16.1. The molecule has 1 aliphatic rings. The van der Waals surface area contributed by atoms with Gasteiger partial charge in [0.1, 0.15) is 0 Å². The van der Waals surface area contributed by atoms with Gasteiger partial charge in [0.25, 0.3) is 0 Å². The summed E-state index contributed by atoms with van der Waals surface area (Å²) in [7, 11) is 0. The molecule has 0 unspecified atom stereocenters. The summed E-state index contributed by atoms with van der Waals surface area (Å²) < 4.78 is 0. The van der Waals surface area contributed by atoms with Crippen LogP contribution in [0.15, 0.2) is 35.3 Å². The lowest BCUT2D eigenvalue weighted by Crippen LogP contribution is -2.33. The lowest BCUT2D eigenvalue weighted by atomic mass is 10.1. The number of aliphatic imine (C=N–C) groups is 1. The molecule has 0 bridgehead atoms. The van der Waals surface area contributed by atoms with Crippen molar-refractivity contribution < 1.29 is 0 Å². The second-order valence-corrected chi connectivity index (χ2v) is 4.33. The Bertz CT molecular complexity index is 341. The first kappa shape index (κ1) is 11.0. The molecule has 3 N–H and O–H groups in total. The highest BCUT2D eigenvalue weighted by Crippen LogP contribution is 2.28. The molecule has 0 aliphatic heterocycles. The molecule has 0 amide bonds. The average molecular weight is 217 g/mol. The fourth-order valence-electron chi connectivity index (χ4n) is 1.56. The summed E-state index contributed by atoms with van der Waals surface area (Å²) in [4.78, 5) is 4.30. The van der Waals surface area contributed by atoms with E-state index in [1.54, 1.807) is 0 Å². The molecule has 1 fully saturated rings. The van der Waals surface area contributed by atoms with Gasteiger partial charge < -0.3 is 11.1 Å². The number of nitrogens with one attached hydrogen (secondary N) is 1. The van der Waals surface area contributed by atoms with Crippen LogP contribution in [0.4, 0.5) is 0 Å². The van der Waals surface area contributed by atoms with Gasteiger partial charge in [0.2, 0.25) is 0 Å². The van der Waals surface area contributed by atoms with Crippen LogP contribution in [0.1, 0.15) is 18.4 Å². The van der Waals surface area contributed by atoms with Crippen molar-refractivity contribution in [3.63, 3.8) is 0 Å². The maximum atomic E-state index is 5.75. The van der Waals surface area contributed by atoms with E-state index < -0.39 is 0 Å². The molecule has 0 radical (unpaired) electrons. The van der Waals surface area contributed by atoms with Gasteiger partial charge in [0.15, 0.2) is 5.96 Å². The molecule has 16 heavy (non-hydrogen) atoms. The van der Waals surface area contributed by atoms with Crippen LogP contribution < -0.4 is 11.1 Å². The molecule has 1 aromatic carbocycles. The van der Waals surface area contributed by atoms with Crippen LogP contribution in [-0.4, -0.2) is 19.0 Å². The Hall–Kier alpha value is -1.51. The summed E-state index contributed by atoms with van der Waals surface area (Å²) in [5, 5.41) is 3.14. The van der Waals surface area contributed by atoms with E-state index in [1.165, 1.54) is 18.4 Å². The molecule has 1 aromatic rings. The predicted molar refractivity (Wildman–Crippen MR) is 67.4 cm³/mol. The van der Waals surface area contributed by atoms with Crippen LogP contribution in [0.5, 0.6) is 0 Å². The molecule has 0 aromatic heterocycles. The van der Waals surface area contributed by atoms with Crippen LogP contribution in [0.3, 0.4) is 0 Å². The maximum absolute atomic E-state index is 5.75. The first-order chi connectivity index (χ1) is 7.84. The van der Waals surface area contributed by atoms with Crippen LogP contribution >= 0.6 is 0 Å². The Morgan fingerprint density at radius 2 is 2.06 bits per heavy atom. The fourth-order valence-corrected chi connectivity index (χ4v) is 1.56. The first-order valence-electron chi connectivity index (χ1n) is 5.92. The highest BCUT2D eigenvalue weighted by molar-refractivity contribution is 5.77. The van der Waals surface area contributed by atoms with Crippen LogP contribution in [0.2, 0.25) is 0 Å². The second-order valence-electron chi connectivity index (χ2n) is 4.33. The molecular weight excluding hydrogens is 198 g/mol. The summed E-state index contributed by atoms with van der Waals surface area (Å²) in [5.74, 6) is 1.39. The Kier molecular flexibility index (Phi) is 3.81. The molecule has 0 spiro atoms. The minimum atomic E-state index is 0.586. The van der Waals surface area contributed by atoms with E-state index in [-0.39, 0.29) is 0 Å². The molecule has 3 nitrogen and oxygen atoms in total. The topological polar surface area (TPSA) is 50.4 Å². The van der Waals surface area contributed by atoms with Gasteiger partial charge in [0.05, 0.1) is 0 Å². The van der Waals surface area contributed by atoms with Crippen molar-refractivity contribution in [2.75, 3.05) is 13.1 Å². The Labute approximate surface area is 96.8 Å². The summed E-state index contributed by atoms with van der Waals surface area (Å²) in [6.45, 7) is 1.74. The molecule has 2 rings (SSSR count). The Morgan fingerprint density at radius 1 is 1.31 bits per heavy atom. The van der Waals surface area contributed by atoms with Gasteiger partial charge in [-0.1, -0.05) is 30.3 Å². The van der Waals surface area contributed by atoms with Crippen molar-refractivity contribution in [1.29, 1.82) is 0 Å². The number of nitrogens with two attached hydrogens (primary N) is 1. The summed E-state index contributed by atoms with van der Waals surface area (Å²) in [6.07, 6.45) is 3.63.